The quantitative estimate of drug-likeness (QED) is 0.862. The molecule has 3 heterocycles. The lowest BCUT2D eigenvalue weighted by atomic mass is 10.2. The molecule has 0 bridgehead atoms. The number of carbonyl (C=O) groups is 1. The Morgan fingerprint density at radius 3 is 3.19 bits per heavy atom. The van der Waals surface area contributed by atoms with Crippen LogP contribution in [0.5, 0.6) is 0 Å². The van der Waals surface area contributed by atoms with Gasteiger partial charge in [-0.1, -0.05) is 5.16 Å². The van der Waals surface area contributed by atoms with E-state index >= 15 is 0 Å². The summed E-state index contributed by atoms with van der Waals surface area (Å²) in [5, 5.41) is 12.3. The number of carbonyl (C=O) groups excluding carboxylic acids is 1. The first-order chi connectivity index (χ1) is 10.1. The largest absolute Gasteiger partial charge is 0.332 e. The summed E-state index contributed by atoms with van der Waals surface area (Å²) >= 11 is 1.32. The van der Waals surface area contributed by atoms with Crippen molar-refractivity contribution >= 4 is 22.4 Å². The second-order valence-corrected chi connectivity index (χ2v) is 5.74. The third-order valence-electron chi connectivity index (χ3n) is 3.26. The minimum absolute atomic E-state index is 0.102. The SMILES string of the molecule is CC(=O)Nc1nc(-c2nc(C3CNCCN3C)no2)cs1. The molecule has 1 atom stereocenters. The zero-order valence-electron chi connectivity index (χ0n) is 11.8. The Morgan fingerprint density at radius 1 is 1.57 bits per heavy atom. The standard InChI is InChI=1S/C12H16N6O2S/c1-7(19)14-12-15-8(6-21-12)11-16-10(17-20-11)9-5-13-3-4-18(9)2/h6,9,13H,3-5H2,1-2H3,(H,14,15,19). The number of likely N-dealkylation sites (N-methyl/N-ethyl adjacent to an activating group) is 1. The van der Waals surface area contributed by atoms with Gasteiger partial charge < -0.3 is 15.2 Å². The lowest BCUT2D eigenvalue weighted by Crippen LogP contribution is -2.44. The normalized spacial score (nSPS) is 19.6. The Kier molecular flexibility index (Phi) is 3.95. The lowest BCUT2D eigenvalue weighted by Gasteiger charge is -2.30. The molecule has 3 rings (SSSR count). The minimum Gasteiger partial charge on any atom is -0.332 e. The van der Waals surface area contributed by atoms with Crippen molar-refractivity contribution in [2.45, 2.75) is 13.0 Å². The van der Waals surface area contributed by atoms with Crippen LogP contribution in [0.2, 0.25) is 0 Å². The molecule has 0 aromatic carbocycles. The van der Waals surface area contributed by atoms with Crippen molar-refractivity contribution in [3.05, 3.63) is 11.2 Å². The van der Waals surface area contributed by atoms with E-state index in [1.54, 1.807) is 5.38 Å². The van der Waals surface area contributed by atoms with Gasteiger partial charge in [-0.2, -0.15) is 4.98 Å². The van der Waals surface area contributed by atoms with E-state index in [2.05, 4.69) is 30.7 Å². The zero-order valence-corrected chi connectivity index (χ0v) is 12.6. The van der Waals surface area contributed by atoms with Crippen LogP contribution in [0.1, 0.15) is 18.8 Å². The van der Waals surface area contributed by atoms with E-state index in [0.29, 0.717) is 22.5 Å². The summed E-state index contributed by atoms with van der Waals surface area (Å²) in [6, 6.07) is 0.102. The lowest BCUT2D eigenvalue weighted by molar-refractivity contribution is -0.114. The molecule has 2 aromatic heterocycles. The minimum atomic E-state index is -0.156. The van der Waals surface area contributed by atoms with Crippen LogP contribution in [0.25, 0.3) is 11.6 Å². The maximum absolute atomic E-state index is 11.0. The molecule has 2 aromatic rings. The van der Waals surface area contributed by atoms with Crippen LogP contribution >= 0.6 is 11.3 Å². The second kappa shape index (κ2) is 5.88. The topological polar surface area (TPSA) is 96.2 Å². The van der Waals surface area contributed by atoms with Crippen LogP contribution < -0.4 is 10.6 Å². The van der Waals surface area contributed by atoms with Gasteiger partial charge >= 0.3 is 0 Å². The van der Waals surface area contributed by atoms with Gasteiger partial charge in [-0.15, -0.1) is 11.3 Å². The van der Waals surface area contributed by atoms with Gasteiger partial charge in [-0.25, -0.2) is 4.98 Å². The first-order valence-electron chi connectivity index (χ1n) is 6.61. The first-order valence-corrected chi connectivity index (χ1v) is 7.49. The Bertz CT molecular complexity index is 639. The maximum atomic E-state index is 11.0. The molecule has 1 aliphatic heterocycles. The van der Waals surface area contributed by atoms with Crippen LogP contribution in [-0.2, 0) is 4.79 Å². The monoisotopic (exact) mass is 308 g/mol. The summed E-state index contributed by atoms with van der Waals surface area (Å²) in [5.41, 5.74) is 0.578. The molecule has 1 aliphatic rings. The molecule has 0 spiro atoms. The zero-order chi connectivity index (χ0) is 14.8. The molecule has 1 saturated heterocycles. The van der Waals surface area contributed by atoms with Crippen molar-refractivity contribution < 1.29 is 9.32 Å². The molecular formula is C12H16N6O2S. The van der Waals surface area contributed by atoms with Crippen molar-refractivity contribution in [2.24, 2.45) is 0 Å². The van der Waals surface area contributed by atoms with E-state index in [0.717, 1.165) is 19.6 Å². The van der Waals surface area contributed by atoms with Gasteiger partial charge in [0.25, 0.3) is 5.89 Å². The number of nitrogens with one attached hydrogen (secondary N) is 2. The number of aromatic nitrogens is 3. The molecule has 8 nitrogen and oxygen atoms in total. The average molecular weight is 308 g/mol. The molecular weight excluding hydrogens is 292 g/mol. The molecule has 1 fully saturated rings. The van der Waals surface area contributed by atoms with E-state index in [-0.39, 0.29) is 11.9 Å². The van der Waals surface area contributed by atoms with Crippen molar-refractivity contribution in [3.8, 4) is 11.6 Å². The van der Waals surface area contributed by atoms with E-state index in [4.69, 9.17) is 4.52 Å². The third-order valence-corrected chi connectivity index (χ3v) is 4.01. The smallest absolute Gasteiger partial charge is 0.277 e. The molecule has 0 radical (unpaired) electrons. The van der Waals surface area contributed by atoms with Crippen molar-refractivity contribution in [3.63, 3.8) is 0 Å². The number of hydrogen-bond acceptors (Lipinski definition) is 8. The molecule has 1 amide bonds. The van der Waals surface area contributed by atoms with E-state index in [1.807, 2.05) is 7.05 Å². The summed E-state index contributed by atoms with van der Waals surface area (Å²) < 4.78 is 5.29. The molecule has 0 saturated carbocycles. The highest BCUT2D eigenvalue weighted by Crippen LogP contribution is 2.25. The number of piperazine rings is 1. The number of rotatable bonds is 3. The van der Waals surface area contributed by atoms with Gasteiger partial charge in [0.15, 0.2) is 11.0 Å². The molecule has 1 unspecified atom stereocenters. The summed E-state index contributed by atoms with van der Waals surface area (Å²) in [5.74, 6) is 0.864. The second-order valence-electron chi connectivity index (χ2n) is 4.88. The highest BCUT2D eigenvalue weighted by atomic mass is 32.1. The number of thiazole rings is 1. The van der Waals surface area contributed by atoms with E-state index in [9.17, 15) is 4.79 Å². The predicted molar refractivity (Wildman–Crippen MR) is 78.0 cm³/mol. The Balaban J connectivity index is 1.78. The fraction of sp³-hybridized carbons (Fsp3) is 0.500. The first kappa shape index (κ1) is 14.1. The fourth-order valence-electron chi connectivity index (χ4n) is 2.15. The van der Waals surface area contributed by atoms with Crippen LogP contribution in [0, 0.1) is 0 Å². The molecule has 2 N–H and O–H groups in total. The number of hydrogen-bond donors (Lipinski definition) is 2. The van der Waals surface area contributed by atoms with Gasteiger partial charge in [0.05, 0.1) is 6.04 Å². The molecule has 112 valence electrons. The van der Waals surface area contributed by atoms with Crippen LogP contribution in [0.4, 0.5) is 5.13 Å². The van der Waals surface area contributed by atoms with Gasteiger partial charge in [0.2, 0.25) is 5.91 Å². The molecule has 21 heavy (non-hydrogen) atoms. The predicted octanol–water partition coefficient (Wildman–Crippen LogP) is 0.728. The highest BCUT2D eigenvalue weighted by Gasteiger charge is 2.26. The number of anilines is 1. The van der Waals surface area contributed by atoms with Gasteiger partial charge in [-0.3, -0.25) is 9.69 Å². The van der Waals surface area contributed by atoms with E-state index < -0.39 is 0 Å². The van der Waals surface area contributed by atoms with Crippen LogP contribution in [0.15, 0.2) is 9.90 Å². The van der Waals surface area contributed by atoms with Crippen molar-refractivity contribution in [2.75, 3.05) is 32.0 Å². The Morgan fingerprint density at radius 2 is 2.43 bits per heavy atom. The number of nitrogens with zero attached hydrogens (tertiary/aromatic N) is 4. The molecule has 0 aliphatic carbocycles. The van der Waals surface area contributed by atoms with Gasteiger partial charge in [0, 0.05) is 31.9 Å². The van der Waals surface area contributed by atoms with E-state index in [1.165, 1.54) is 18.3 Å². The summed E-state index contributed by atoms with van der Waals surface area (Å²) in [6.07, 6.45) is 0. The average Bonchev–Trinajstić information content (AvgIpc) is 3.07. The summed E-state index contributed by atoms with van der Waals surface area (Å²) in [7, 11) is 2.04. The van der Waals surface area contributed by atoms with Gasteiger partial charge in [0.1, 0.15) is 5.69 Å². The van der Waals surface area contributed by atoms with Gasteiger partial charge in [-0.05, 0) is 7.05 Å². The summed E-state index contributed by atoms with van der Waals surface area (Å²) in [4.78, 5) is 21.9. The Hall–Kier alpha value is -1.84. The van der Waals surface area contributed by atoms with Crippen LogP contribution in [0.3, 0.4) is 0 Å². The maximum Gasteiger partial charge on any atom is 0.277 e. The van der Waals surface area contributed by atoms with Crippen LogP contribution in [-0.4, -0.2) is 52.6 Å². The Labute approximate surface area is 125 Å². The summed E-state index contributed by atoms with van der Waals surface area (Å²) in [6.45, 7) is 4.14. The van der Waals surface area contributed by atoms with Crippen molar-refractivity contribution in [1.82, 2.24) is 25.3 Å². The molecule has 9 heteroatoms. The van der Waals surface area contributed by atoms with Crippen molar-refractivity contribution in [1.29, 1.82) is 0 Å². The fourth-order valence-corrected chi connectivity index (χ4v) is 2.88. The number of amides is 1. The third kappa shape index (κ3) is 3.09. The highest BCUT2D eigenvalue weighted by molar-refractivity contribution is 7.14.